The Hall–Kier alpha value is -0.240. The topological polar surface area (TPSA) is 103 Å². The number of hydrazine groups is 3. The first-order chi connectivity index (χ1) is 4.00. The molecule has 0 fully saturated rings. The molecule has 0 spiro atoms. The van der Waals surface area contributed by atoms with Crippen molar-refractivity contribution in [3.63, 3.8) is 0 Å². The van der Waals surface area contributed by atoms with Gasteiger partial charge in [-0.2, -0.15) is 5.12 Å². The normalized spacial score (nSPS) is 12.7. The maximum atomic E-state index is 5.15. The molecule has 0 bridgehead atoms. The van der Waals surface area contributed by atoms with E-state index in [1.807, 2.05) is 5.59 Å². The summed E-state index contributed by atoms with van der Waals surface area (Å²) in [4.78, 5) is 4.69. The van der Waals surface area contributed by atoms with E-state index in [4.69, 9.17) is 22.4 Å². The Balaban J connectivity index is 3.70. The van der Waals surface area contributed by atoms with E-state index in [9.17, 15) is 0 Å². The number of hydrogen-bond donors (Lipinski definition) is 4. The number of nitrogens with one attached hydrogen (secondary N) is 1. The Morgan fingerprint density at radius 3 is 2.00 bits per heavy atom. The molecule has 0 atom stereocenters. The molecule has 0 aromatic carbocycles. The number of nitrogens with zero attached hydrogens (tertiary/aromatic N) is 1. The Kier molecular flexibility index (Phi) is 2.98. The van der Waals surface area contributed by atoms with Crippen molar-refractivity contribution >= 4 is 0 Å². The molecule has 9 heavy (non-hydrogen) atoms. The fourth-order valence-electron chi connectivity index (χ4n) is 0.197. The van der Waals surface area contributed by atoms with Gasteiger partial charge in [-0.1, -0.05) is 0 Å². The highest BCUT2D eigenvalue weighted by molar-refractivity contribution is 4.57. The van der Waals surface area contributed by atoms with Gasteiger partial charge >= 0.3 is 0 Å². The van der Waals surface area contributed by atoms with Gasteiger partial charge in [0.15, 0.2) is 5.72 Å². The minimum atomic E-state index is -0.797. The first kappa shape index (κ1) is 8.76. The van der Waals surface area contributed by atoms with Crippen molar-refractivity contribution < 1.29 is 4.84 Å². The Morgan fingerprint density at radius 2 is 1.89 bits per heavy atom. The van der Waals surface area contributed by atoms with E-state index in [1.165, 1.54) is 0 Å². The lowest BCUT2D eigenvalue weighted by Gasteiger charge is -2.29. The Labute approximate surface area is 53.8 Å². The summed E-state index contributed by atoms with van der Waals surface area (Å²) in [6.07, 6.45) is 0. The fraction of sp³-hybridized carbons (Fsp3) is 1.00. The highest BCUT2D eigenvalue weighted by atomic mass is 16.7. The highest BCUT2D eigenvalue weighted by Gasteiger charge is 2.22. The molecule has 0 aliphatic carbocycles. The summed E-state index contributed by atoms with van der Waals surface area (Å²) >= 11 is 0. The van der Waals surface area contributed by atoms with E-state index in [-0.39, 0.29) is 0 Å². The summed E-state index contributed by atoms with van der Waals surface area (Å²) in [5, 5.41) is 0.910. The fourth-order valence-corrected chi connectivity index (χ4v) is 0.197. The zero-order valence-corrected chi connectivity index (χ0v) is 5.59. The maximum Gasteiger partial charge on any atom is 0.164 e. The maximum absolute atomic E-state index is 5.15. The third kappa shape index (κ3) is 2.70. The van der Waals surface area contributed by atoms with E-state index in [2.05, 4.69) is 0 Å². The molecule has 0 rings (SSSR count). The van der Waals surface area contributed by atoms with Crippen molar-refractivity contribution in [1.29, 1.82) is 0 Å². The monoisotopic (exact) mass is 135 g/mol. The van der Waals surface area contributed by atoms with Crippen LogP contribution in [0.3, 0.4) is 0 Å². The lowest BCUT2D eigenvalue weighted by molar-refractivity contribution is -0.179. The molecular weight excluding hydrogens is 122 g/mol. The summed E-state index contributed by atoms with van der Waals surface area (Å²) < 4.78 is 0. The van der Waals surface area contributed by atoms with Crippen molar-refractivity contribution in [1.82, 2.24) is 10.7 Å². The predicted octanol–water partition coefficient (Wildman–Crippen LogP) is -1.83. The van der Waals surface area contributed by atoms with Crippen LogP contribution >= 0.6 is 0 Å². The van der Waals surface area contributed by atoms with E-state index in [1.54, 1.807) is 13.8 Å². The molecule has 0 aromatic heterocycles. The van der Waals surface area contributed by atoms with Crippen molar-refractivity contribution in [3.05, 3.63) is 0 Å². The molecule has 6 heteroatoms. The highest BCUT2D eigenvalue weighted by Crippen LogP contribution is 2.04. The zero-order chi connectivity index (χ0) is 7.49. The molecule has 0 aromatic rings. The first-order valence-corrected chi connectivity index (χ1v) is 2.44. The van der Waals surface area contributed by atoms with E-state index in [0.29, 0.717) is 0 Å². The minimum Gasteiger partial charge on any atom is -0.263 e. The van der Waals surface area contributed by atoms with Crippen LogP contribution in [0.1, 0.15) is 13.8 Å². The molecule has 0 saturated carbocycles. The van der Waals surface area contributed by atoms with Gasteiger partial charge in [0.1, 0.15) is 0 Å². The average molecular weight is 135 g/mol. The summed E-state index contributed by atoms with van der Waals surface area (Å²) in [5.74, 6) is 15.1. The van der Waals surface area contributed by atoms with Crippen molar-refractivity contribution in [2.45, 2.75) is 19.6 Å². The second kappa shape index (κ2) is 3.06. The number of hydrogen-bond acceptors (Lipinski definition) is 6. The predicted molar refractivity (Wildman–Crippen MR) is 32.7 cm³/mol. The molecule has 0 unspecified atom stereocenters. The van der Waals surface area contributed by atoms with Crippen molar-refractivity contribution in [2.24, 2.45) is 17.5 Å². The zero-order valence-electron chi connectivity index (χ0n) is 5.59. The van der Waals surface area contributed by atoms with E-state index in [0.717, 1.165) is 5.12 Å². The van der Waals surface area contributed by atoms with Gasteiger partial charge in [-0.25, -0.2) is 5.84 Å². The second-order valence-electron chi connectivity index (χ2n) is 2.07. The number of nitrogens with two attached hydrogens (primary N) is 3. The van der Waals surface area contributed by atoms with Crippen LogP contribution in [0, 0.1) is 0 Å². The summed E-state index contributed by atoms with van der Waals surface area (Å²) in [6, 6.07) is 0. The lowest BCUT2D eigenvalue weighted by atomic mass is 10.3. The van der Waals surface area contributed by atoms with Gasteiger partial charge in [0.05, 0.1) is 0 Å². The molecule has 0 heterocycles. The third-order valence-electron chi connectivity index (χ3n) is 0.931. The molecule has 0 aliphatic heterocycles. The molecule has 56 valence electrons. The summed E-state index contributed by atoms with van der Waals surface area (Å²) in [7, 11) is 0. The van der Waals surface area contributed by atoms with Crippen LogP contribution in [0.4, 0.5) is 0 Å². The molecule has 0 amide bonds. The van der Waals surface area contributed by atoms with Crippen LogP contribution in [0.25, 0.3) is 0 Å². The minimum absolute atomic E-state index is 0.797. The molecule has 0 saturated heterocycles. The van der Waals surface area contributed by atoms with Gasteiger partial charge < -0.3 is 0 Å². The Bertz CT molecular complexity index is 82.3. The van der Waals surface area contributed by atoms with Crippen molar-refractivity contribution in [2.75, 3.05) is 0 Å². The van der Waals surface area contributed by atoms with Crippen LogP contribution in [0.15, 0.2) is 0 Å². The van der Waals surface area contributed by atoms with Gasteiger partial charge in [0, 0.05) is 0 Å². The van der Waals surface area contributed by atoms with Crippen LogP contribution in [-0.2, 0) is 4.84 Å². The van der Waals surface area contributed by atoms with Crippen LogP contribution in [0.2, 0.25) is 0 Å². The van der Waals surface area contributed by atoms with Gasteiger partial charge in [0.2, 0.25) is 0 Å². The molecule has 0 aliphatic rings. The number of rotatable bonds is 3. The Morgan fingerprint density at radius 1 is 1.44 bits per heavy atom. The van der Waals surface area contributed by atoms with Gasteiger partial charge in [-0.05, 0) is 13.8 Å². The SMILES string of the molecule is CC(C)(ONN)N(N)N. The molecule has 7 N–H and O–H groups in total. The van der Waals surface area contributed by atoms with Gasteiger partial charge in [-0.3, -0.25) is 16.5 Å². The average Bonchev–Trinajstić information content (AvgIpc) is 1.65. The standard InChI is InChI=1S/C3H13N5O/c1-3(2,8(5)6)9-7-4/h7H,4-6H2,1-2H3. The van der Waals surface area contributed by atoms with E-state index >= 15 is 0 Å². The molecular formula is C3H13N5O. The summed E-state index contributed by atoms with van der Waals surface area (Å²) in [6.45, 7) is 3.32. The van der Waals surface area contributed by atoms with Crippen LogP contribution in [0.5, 0.6) is 0 Å². The largest absolute Gasteiger partial charge is 0.263 e. The van der Waals surface area contributed by atoms with Crippen LogP contribution in [-0.4, -0.2) is 10.8 Å². The van der Waals surface area contributed by atoms with Crippen LogP contribution < -0.4 is 23.1 Å². The van der Waals surface area contributed by atoms with E-state index < -0.39 is 5.72 Å². The smallest absolute Gasteiger partial charge is 0.164 e. The van der Waals surface area contributed by atoms with Gasteiger partial charge in [-0.15, -0.1) is 5.59 Å². The molecule has 6 nitrogen and oxygen atoms in total. The molecule has 0 radical (unpaired) electrons. The summed E-state index contributed by atoms with van der Waals surface area (Å²) in [5.41, 5.74) is 1.19. The second-order valence-corrected chi connectivity index (χ2v) is 2.07. The lowest BCUT2D eigenvalue weighted by Crippen LogP contribution is -2.57. The van der Waals surface area contributed by atoms with Gasteiger partial charge in [0.25, 0.3) is 0 Å². The third-order valence-corrected chi connectivity index (χ3v) is 0.931. The van der Waals surface area contributed by atoms with Crippen molar-refractivity contribution in [3.8, 4) is 0 Å². The first-order valence-electron chi connectivity index (χ1n) is 2.44. The quantitative estimate of drug-likeness (QED) is 0.206.